The van der Waals surface area contributed by atoms with Gasteiger partial charge in [0.2, 0.25) is 0 Å². The highest BCUT2D eigenvalue weighted by atomic mass is 15.2. The molecule has 3 nitrogen and oxygen atoms in total. The van der Waals surface area contributed by atoms with Crippen LogP contribution in [0.3, 0.4) is 0 Å². The average Bonchev–Trinajstić information content (AvgIpc) is 2.47. The molecule has 2 N–H and O–H groups in total. The number of anilines is 1. The number of pyridine rings is 1. The van der Waals surface area contributed by atoms with Crippen molar-refractivity contribution in [2.75, 3.05) is 11.4 Å². The Hall–Kier alpha value is -1.09. The lowest BCUT2D eigenvalue weighted by Crippen LogP contribution is -2.46. The summed E-state index contributed by atoms with van der Waals surface area (Å²) in [6, 6.07) is 5.09. The molecule has 2 atom stereocenters. The minimum Gasteiger partial charge on any atom is -0.368 e. The molecule has 2 heterocycles. The molecule has 18 heavy (non-hydrogen) atoms. The fourth-order valence-electron chi connectivity index (χ4n) is 3.70. The van der Waals surface area contributed by atoms with Crippen LogP contribution in [0.4, 0.5) is 5.69 Å². The second-order valence-corrected chi connectivity index (χ2v) is 5.66. The smallest absolute Gasteiger partial charge is 0.0560 e. The predicted octanol–water partition coefficient (Wildman–Crippen LogP) is 2.70. The number of rotatable bonds is 2. The molecule has 1 aliphatic carbocycles. The van der Waals surface area contributed by atoms with Gasteiger partial charge in [0.1, 0.15) is 0 Å². The summed E-state index contributed by atoms with van der Waals surface area (Å²) in [5.74, 6) is 0.919. The van der Waals surface area contributed by atoms with Crippen molar-refractivity contribution < 1.29 is 0 Å². The van der Waals surface area contributed by atoms with Gasteiger partial charge in [0.25, 0.3) is 0 Å². The van der Waals surface area contributed by atoms with Crippen molar-refractivity contribution in [1.82, 2.24) is 4.98 Å². The van der Waals surface area contributed by atoms with Gasteiger partial charge in [0, 0.05) is 31.0 Å². The highest BCUT2D eigenvalue weighted by Gasteiger charge is 2.33. The SMILES string of the molecule is NCc1cc(N2CCC[C@H]3CCCC[C@H]32)ccn1. The summed E-state index contributed by atoms with van der Waals surface area (Å²) in [6.07, 6.45) is 10.3. The van der Waals surface area contributed by atoms with Gasteiger partial charge in [-0.15, -0.1) is 0 Å². The van der Waals surface area contributed by atoms with Crippen LogP contribution < -0.4 is 10.6 Å². The topological polar surface area (TPSA) is 42.1 Å². The number of fused-ring (bicyclic) bond motifs is 1. The normalized spacial score (nSPS) is 27.9. The molecule has 0 radical (unpaired) electrons. The van der Waals surface area contributed by atoms with Gasteiger partial charge in [-0.3, -0.25) is 4.98 Å². The first kappa shape index (κ1) is 12.0. The number of aromatic nitrogens is 1. The van der Waals surface area contributed by atoms with E-state index < -0.39 is 0 Å². The van der Waals surface area contributed by atoms with E-state index in [0.717, 1.165) is 17.7 Å². The van der Waals surface area contributed by atoms with Gasteiger partial charge in [-0.1, -0.05) is 12.8 Å². The van der Waals surface area contributed by atoms with Gasteiger partial charge in [0.15, 0.2) is 0 Å². The van der Waals surface area contributed by atoms with E-state index in [2.05, 4.69) is 22.0 Å². The molecule has 1 aliphatic heterocycles. The Labute approximate surface area is 109 Å². The minimum atomic E-state index is 0.537. The molecule has 3 rings (SSSR count). The van der Waals surface area contributed by atoms with E-state index in [1.165, 1.54) is 50.8 Å². The van der Waals surface area contributed by atoms with E-state index in [4.69, 9.17) is 5.73 Å². The lowest BCUT2D eigenvalue weighted by molar-refractivity contribution is 0.244. The lowest BCUT2D eigenvalue weighted by atomic mass is 9.78. The third-order valence-corrected chi connectivity index (χ3v) is 4.58. The van der Waals surface area contributed by atoms with Crippen LogP contribution in [0.15, 0.2) is 18.3 Å². The van der Waals surface area contributed by atoms with Crippen LogP contribution in [-0.2, 0) is 6.54 Å². The van der Waals surface area contributed by atoms with Gasteiger partial charge < -0.3 is 10.6 Å². The van der Waals surface area contributed by atoms with Crippen molar-refractivity contribution in [2.45, 2.75) is 51.1 Å². The third kappa shape index (κ3) is 2.24. The largest absolute Gasteiger partial charge is 0.368 e. The molecular formula is C15H23N3. The Balaban J connectivity index is 1.84. The summed E-state index contributed by atoms with van der Waals surface area (Å²) in [6.45, 7) is 1.74. The van der Waals surface area contributed by atoms with Crippen molar-refractivity contribution in [1.29, 1.82) is 0 Å². The molecule has 98 valence electrons. The number of nitrogens with two attached hydrogens (primary N) is 1. The van der Waals surface area contributed by atoms with Crippen LogP contribution in [0.2, 0.25) is 0 Å². The number of nitrogens with zero attached hydrogens (tertiary/aromatic N) is 2. The number of piperidine rings is 1. The maximum atomic E-state index is 5.70. The van der Waals surface area contributed by atoms with E-state index in [0.29, 0.717) is 6.54 Å². The summed E-state index contributed by atoms with van der Waals surface area (Å²) >= 11 is 0. The first-order valence-corrected chi connectivity index (χ1v) is 7.30. The van der Waals surface area contributed by atoms with E-state index in [9.17, 15) is 0 Å². The third-order valence-electron chi connectivity index (χ3n) is 4.58. The van der Waals surface area contributed by atoms with Crippen LogP contribution in [0.25, 0.3) is 0 Å². The van der Waals surface area contributed by atoms with Gasteiger partial charge in [-0.05, 0) is 43.7 Å². The summed E-state index contributed by atoms with van der Waals surface area (Å²) in [5, 5.41) is 0. The Bertz CT molecular complexity index is 402. The van der Waals surface area contributed by atoms with E-state index in [1.807, 2.05) is 6.20 Å². The van der Waals surface area contributed by atoms with Crippen LogP contribution in [-0.4, -0.2) is 17.6 Å². The van der Waals surface area contributed by atoms with Gasteiger partial charge >= 0.3 is 0 Å². The van der Waals surface area contributed by atoms with E-state index in [1.54, 1.807) is 0 Å². The predicted molar refractivity (Wildman–Crippen MR) is 74.5 cm³/mol. The summed E-state index contributed by atoms with van der Waals surface area (Å²) < 4.78 is 0. The van der Waals surface area contributed by atoms with Crippen molar-refractivity contribution in [2.24, 2.45) is 11.7 Å². The summed E-state index contributed by atoms with van der Waals surface area (Å²) in [4.78, 5) is 6.92. The molecule has 2 fully saturated rings. The number of hydrogen-bond donors (Lipinski definition) is 1. The zero-order valence-corrected chi connectivity index (χ0v) is 11.0. The molecule has 0 amide bonds. The number of hydrogen-bond acceptors (Lipinski definition) is 3. The molecule has 0 aromatic carbocycles. The van der Waals surface area contributed by atoms with E-state index >= 15 is 0 Å². The molecule has 0 unspecified atom stereocenters. The van der Waals surface area contributed by atoms with Crippen molar-refractivity contribution in [3.05, 3.63) is 24.0 Å². The van der Waals surface area contributed by atoms with E-state index in [-0.39, 0.29) is 0 Å². The Kier molecular flexibility index (Phi) is 3.50. The molecule has 0 spiro atoms. The van der Waals surface area contributed by atoms with Crippen LogP contribution in [0, 0.1) is 5.92 Å². The second-order valence-electron chi connectivity index (χ2n) is 5.66. The lowest BCUT2D eigenvalue weighted by Gasteiger charge is -2.45. The summed E-state index contributed by atoms with van der Waals surface area (Å²) in [7, 11) is 0. The maximum absolute atomic E-state index is 5.70. The highest BCUT2D eigenvalue weighted by Crippen LogP contribution is 2.37. The molecule has 0 bridgehead atoms. The first-order valence-electron chi connectivity index (χ1n) is 7.30. The maximum Gasteiger partial charge on any atom is 0.0560 e. The van der Waals surface area contributed by atoms with Crippen LogP contribution >= 0.6 is 0 Å². The molecule has 1 saturated heterocycles. The van der Waals surface area contributed by atoms with Crippen molar-refractivity contribution in [3.8, 4) is 0 Å². The molecule has 2 aliphatic rings. The molecule has 1 aromatic heterocycles. The highest BCUT2D eigenvalue weighted by molar-refractivity contribution is 5.48. The fourth-order valence-corrected chi connectivity index (χ4v) is 3.70. The first-order chi connectivity index (χ1) is 8.88. The van der Waals surface area contributed by atoms with Gasteiger partial charge in [0.05, 0.1) is 5.69 Å². The average molecular weight is 245 g/mol. The Morgan fingerprint density at radius 2 is 2.06 bits per heavy atom. The Morgan fingerprint density at radius 3 is 2.94 bits per heavy atom. The zero-order chi connectivity index (χ0) is 12.4. The van der Waals surface area contributed by atoms with Gasteiger partial charge in [-0.25, -0.2) is 0 Å². The minimum absolute atomic E-state index is 0.537. The quantitative estimate of drug-likeness (QED) is 0.871. The zero-order valence-electron chi connectivity index (χ0n) is 11.0. The second kappa shape index (κ2) is 5.27. The molecular weight excluding hydrogens is 222 g/mol. The van der Waals surface area contributed by atoms with Crippen LogP contribution in [0.1, 0.15) is 44.2 Å². The summed E-state index contributed by atoms with van der Waals surface area (Å²) in [5.41, 5.74) is 8.04. The molecule has 3 heteroatoms. The standard InChI is InChI=1S/C15H23N3/c16-11-13-10-14(7-8-17-13)18-9-3-5-12-4-1-2-6-15(12)18/h7-8,10,12,15H,1-6,9,11,16H2/t12-,15-/m1/s1. The molecule has 1 aromatic rings. The van der Waals surface area contributed by atoms with Gasteiger partial charge in [-0.2, -0.15) is 0 Å². The Morgan fingerprint density at radius 1 is 1.22 bits per heavy atom. The van der Waals surface area contributed by atoms with Crippen molar-refractivity contribution >= 4 is 5.69 Å². The van der Waals surface area contributed by atoms with Crippen molar-refractivity contribution in [3.63, 3.8) is 0 Å². The fraction of sp³-hybridized carbons (Fsp3) is 0.667. The van der Waals surface area contributed by atoms with Crippen LogP contribution in [0.5, 0.6) is 0 Å². The molecule has 1 saturated carbocycles. The monoisotopic (exact) mass is 245 g/mol.